The van der Waals surface area contributed by atoms with Gasteiger partial charge in [-0.3, -0.25) is 0 Å². The van der Waals surface area contributed by atoms with Crippen molar-refractivity contribution >= 4 is 0 Å². The van der Waals surface area contributed by atoms with Crippen molar-refractivity contribution in [1.82, 2.24) is 0 Å². The summed E-state index contributed by atoms with van der Waals surface area (Å²) in [5.74, 6) is 0.388. The van der Waals surface area contributed by atoms with Gasteiger partial charge in [-0.25, -0.2) is 4.39 Å². The number of halogens is 1. The Morgan fingerprint density at radius 3 is 2.06 bits per heavy atom. The second-order valence-corrected chi connectivity index (χ2v) is 5.22. The van der Waals surface area contributed by atoms with Crippen molar-refractivity contribution in [2.75, 3.05) is 0 Å². The quantitative estimate of drug-likeness (QED) is 0.858. The van der Waals surface area contributed by atoms with Gasteiger partial charge in [-0.15, -0.1) is 0 Å². The van der Waals surface area contributed by atoms with E-state index in [0.717, 1.165) is 0 Å². The topological polar surface area (TPSA) is 35.2 Å². The Labute approximate surface area is 96.6 Å². The first-order valence-electron chi connectivity index (χ1n) is 5.48. The Morgan fingerprint density at radius 2 is 1.69 bits per heavy atom. The molecule has 0 spiro atoms. The number of benzene rings is 1. The minimum absolute atomic E-state index is 0.0530. The van der Waals surface area contributed by atoms with Crippen LogP contribution >= 0.6 is 0 Å². The van der Waals surface area contributed by atoms with Crippen LogP contribution in [0, 0.1) is 11.2 Å². The zero-order valence-corrected chi connectivity index (χ0v) is 10.3. The SMILES string of the molecule is CC(N)C(Oc1ccc(F)cc1)C(C)(C)C. The summed E-state index contributed by atoms with van der Waals surface area (Å²) < 4.78 is 18.5. The predicted molar refractivity (Wildman–Crippen MR) is 63.9 cm³/mol. The molecular weight excluding hydrogens is 205 g/mol. The molecule has 1 aromatic rings. The zero-order valence-electron chi connectivity index (χ0n) is 10.3. The van der Waals surface area contributed by atoms with Gasteiger partial charge in [0.05, 0.1) is 0 Å². The van der Waals surface area contributed by atoms with E-state index < -0.39 is 0 Å². The minimum Gasteiger partial charge on any atom is -0.488 e. The number of hydrogen-bond acceptors (Lipinski definition) is 2. The lowest BCUT2D eigenvalue weighted by atomic mass is 9.85. The second kappa shape index (κ2) is 4.83. The van der Waals surface area contributed by atoms with Crippen molar-refractivity contribution in [3.8, 4) is 5.75 Å². The minimum atomic E-state index is -0.263. The highest BCUT2D eigenvalue weighted by molar-refractivity contribution is 5.22. The molecule has 90 valence electrons. The summed E-state index contributed by atoms with van der Waals surface area (Å²) >= 11 is 0. The van der Waals surface area contributed by atoms with Crippen LogP contribution in [0.25, 0.3) is 0 Å². The lowest BCUT2D eigenvalue weighted by Crippen LogP contribution is -2.45. The van der Waals surface area contributed by atoms with E-state index in [-0.39, 0.29) is 23.4 Å². The predicted octanol–water partition coefficient (Wildman–Crippen LogP) is 2.97. The Hall–Kier alpha value is -1.09. The highest BCUT2D eigenvalue weighted by Crippen LogP contribution is 2.26. The van der Waals surface area contributed by atoms with Gasteiger partial charge in [0.2, 0.25) is 0 Å². The molecule has 0 aliphatic rings. The number of ether oxygens (including phenoxy) is 1. The van der Waals surface area contributed by atoms with E-state index in [4.69, 9.17) is 10.5 Å². The van der Waals surface area contributed by atoms with Crippen molar-refractivity contribution in [2.24, 2.45) is 11.1 Å². The molecule has 2 N–H and O–H groups in total. The van der Waals surface area contributed by atoms with Gasteiger partial charge in [0.15, 0.2) is 0 Å². The Kier molecular flexibility index (Phi) is 3.92. The van der Waals surface area contributed by atoms with E-state index in [2.05, 4.69) is 20.8 Å². The molecule has 16 heavy (non-hydrogen) atoms. The van der Waals surface area contributed by atoms with Crippen LogP contribution in [0.1, 0.15) is 27.7 Å². The summed E-state index contributed by atoms with van der Waals surface area (Å²) in [5, 5.41) is 0. The van der Waals surface area contributed by atoms with E-state index in [1.165, 1.54) is 12.1 Å². The average molecular weight is 225 g/mol. The van der Waals surface area contributed by atoms with Crippen LogP contribution in [-0.4, -0.2) is 12.1 Å². The van der Waals surface area contributed by atoms with E-state index in [9.17, 15) is 4.39 Å². The standard InChI is InChI=1S/C13H20FNO/c1-9(15)12(13(2,3)4)16-11-7-5-10(14)6-8-11/h5-9,12H,15H2,1-4H3. The van der Waals surface area contributed by atoms with Crippen LogP contribution in [0.15, 0.2) is 24.3 Å². The van der Waals surface area contributed by atoms with Crippen molar-refractivity contribution < 1.29 is 9.13 Å². The third-order valence-electron chi connectivity index (χ3n) is 2.41. The molecule has 2 nitrogen and oxygen atoms in total. The summed E-state index contributed by atoms with van der Waals surface area (Å²) in [6, 6.07) is 5.93. The van der Waals surface area contributed by atoms with Crippen LogP contribution in [0.5, 0.6) is 5.75 Å². The smallest absolute Gasteiger partial charge is 0.123 e. The molecule has 0 saturated carbocycles. The van der Waals surface area contributed by atoms with Crippen LogP contribution in [0.3, 0.4) is 0 Å². The maximum absolute atomic E-state index is 12.7. The second-order valence-electron chi connectivity index (χ2n) is 5.22. The van der Waals surface area contributed by atoms with Crippen LogP contribution in [-0.2, 0) is 0 Å². The fourth-order valence-corrected chi connectivity index (χ4v) is 1.73. The van der Waals surface area contributed by atoms with Gasteiger partial charge in [0.1, 0.15) is 17.7 Å². The third-order valence-corrected chi connectivity index (χ3v) is 2.41. The maximum Gasteiger partial charge on any atom is 0.123 e. The Morgan fingerprint density at radius 1 is 1.19 bits per heavy atom. The molecule has 0 aliphatic heterocycles. The molecule has 0 radical (unpaired) electrons. The summed E-state index contributed by atoms with van der Waals surface area (Å²) in [6.45, 7) is 8.14. The largest absolute Gasteiger partial charge is 0.488 e. The van der Waals surface area contributed by atoms with E-state index >= 15 is 0 Å². The van der Waals surface area contributed by atoms with Crippen molar-refractivity contribution in [3.63, 3.8) is 0 Å². The normalized spacial score (nSPS) is 15.6. The zero-order chi connectivity index (χ0) is 12.3. The summed E-state index contributed by atoms with van der Waals surface area (Å²) in [4.78, 5) is 0. The lowest BCUT2D eigenvalue weighted by molar-refractivity contribution is 0.0683. The molecule has 2 unspecified atom stereocenters. The van der Waals surface area contributed by atoms with Crippen molar-refractivity contribution in [2.45, 2.75) is 39.8 Å². The van der Waals surface area contributed by atoms with E-state index in [1.54, 1.807) is 12.1 Å². The molecule has 1 aromatic carbocycles. The molecular formula is C13H20FNO. The molecule has 1 rings (SSSR count). The molecule has 0 aliphatic carbocycles. The summed E-state index contributed by atoms with van der Waals surface area (Å²) in [7, 11) is 0. The highest BCUT2D eigenvalue weighted by Gasteiger charge is 2.29. The van der Waals surface area contributed by atoms with Gasteiger partial charge >= 0.3 is 0 Å². The number of hydrogen-bond donors (Lipinski definition) is 1. The van der Waals surface area contributed by atoms with E-state index in [0.29, 0.717) is 5.75 Å². The Balaban J connectivity index is 2.80. The fourth-order valence-electron chi connectivity index (χ4n) is 1.73. The highest BCUT2D eigenvalue weighted by atomic mass is 19.1. The molecule has 0 amide bonds. The summed E-state index contributed by atoms with van der Waals surface area (Å²) in [5.41, 5.74) is 5.85. The molecule has 0 heterocycles. The van der Waals surface area contributed by atoms with Gasteiger partial charge in [-0.2, -0.15) is 0 Å². The van der Waals surface area contributed by atoms with Gasteiger partial charge in [-0.1, -0.05) is 20.8 Å². The maximum atomic E-state index is 12.7. The van der Waals surface area contributed by atoms with Gasteiger partial charge in [0.25, 0.3) is 0 Å². The molecule has 2 atom stereocenters. The average Bonchev–Trinajstić information content (AvgIpc) is 2.14. The van der Waals surface area contributed by atoms with Gasteiger partial charge < -0.3 is 10.5 Å². The Bertz CT molecular complexity index is 327. The monoisotopic (exact) mass is 225 g/mol. The third kappa shape index (κ3) is 3.49. The molecule has 0 saturated heterocycles. The fraction of sp³-hybridized carbons (Fsp3) is 0.538. The first-order valence-corrected chi connectivity index (χ1v) is 5.48. The van der Waals surface area contributed by atoms with Gasteiger partial charge in [0, 0.05) is 11.5 Å². The van der Waals surface area contributed by atoms with Crippen molar-refractivity contribution in [3.05, 3.63) is 30.1 Å². The van der Waals surface area contributed by atoms with Crippen LogP contribution in [0.4, 0.5) is 4.39 Å². The first kappa shape index (κ1) is 13.0. The van der Waals surface area contributed by atoms with E-state index in [1.807, 2.05) is 6.92 Å². The van der Waals surface area contributed by atoms with Crippen LogP contribution < -0.4 is 10.5 Å². The number of nitrogens with two attached hydrogens (primary N) is 1. The molecule has 0 aromatic heterocycles. The summed E-state index contributed by atoms with van der Waals surface area (Å²) in [6.07, 6.45) is -0.0991. The molecule has 0 bridgehead atoms. The van der Waals surface area contributed by atoms with Gasteiger partial charge in [-0.05, 0) is 31.2 Å². The number of rotatable bonds is 3. The van der Waals surface area contributed by atoms with Crippen molar-refractivity contribution in [1.29, 1.82) is 0 Å². The van der Waals surface area contributed by atoms with Crippen LogP contribution in [0.2, 0.25) is 0 Å². The first-order chi connectivity index (χ1) is 7.30. The lowest BCUT2D eigenvalue weighted by Gasteiger charge is -2.33. The molecule has 0 fully saturated rings. The molecule has 3 heteroatoms.